The molecule has 0 atom stereocenters. The standard InChI is InChI=1S/C19H14ClFN2O2/c1-23(15-9-7-14(21)8-10-15)19(24)17-6-3-11-22-18(17)25-16-5-2-4-13(20)12-16/h2-12H,1H3. The number of amides is 1. The van der Waals surface area contributed by atoms with E-state index in [4.69, 9.17) is 16.3 Å². The van der Waals surface area contributed by atoms with Gasteiger partial charge in [0, 0.05) is 24.0 Å². The van der Waals surface area contributed by atoms with Gasteiger partial charge in [0.25, 0.3) is 5.91 Å². The van der Waals surface area contributed by atoms with Crippen molar-refractivity contribution < 1.29 is 13.9 Å². The molecule has 0 N–H and O–H groups in total. The molecular formula is C19H14ClFN2O2. The van der Waals surface area contributed by atoms with Crippen LogP contribution in [0.1, 0.15) is 10.4 Å². The fourth-order valence-electron chi connectivity index (χ4n) is 2.24. The fraction of sp³-hybridized carbons (Fsp3) is 0.0526. The molecule has 0 spiro atoms. The van der Waals surface area contributed by atoms with E-state index in [0.29, 0.717) is 16.5 Å². The van der Waals surface area contributed by atoms with Crippen molar-refractivity contribution in [3.8, 4) is 11.6 Å². The number of ether oxygens (including phenoxy) is 1. The van der Waals surface area contributed by atoms with E-state index < -0.39 is 0 Å². The SMILES string of the molecule is CN(C(=O)c1cccnc1Oc1cccc(Cl)c1)c1ccc(F)cc1. The number of halogens is 2. The highest BCUT2D eigenvalue weighted by Gasteiger charge is 2.19. The topological polar surface area (TPSA) is 42.4 Å². The van der Waals surface area contributed by atoms with Crippen LogP contribution in [-0.4, -0.2) is 17.9 Å². The molecule has 0 aliphatic rings. The summed E-state index contributed by atoms with van der Waals surface area (Å²) in [6, 6.07) is 15.7. The second-order valence-corrected chi connectivity index (χ2v) is 5.69. The summed E-state index contributed by atoms with van der Waals surface area (Å²) in [4.78, 5) is 18.3. The van der Waals surface area contributed by atoms with Crippen LogP contribution in [0.5, 0.6) is 11.6 Å². The molecule has 6 heteroatoms. The maximum absolute atomic E-state index is 13.1. The molecule has 3 rings (SSSR count). The summed E-state index contributed by atoms with van der Waals surface area (Å²) in [5.74, 6) is -0.0406. The molecule has 4 nitrogen and oxygen atoms in total. The smallest absolute Gasteiger partial charge is 0.263 e. The first-order chi connectivity index (χ1) is 12.0. The van der Waals surface area contributed by atoms with Gasteiger partial charge in [0.2, 0.25) is 5.88 Å². The summed E-state index contributed by atoms with van der Waals surface area (Å²) < 4.78 is 18.8. The minimum atomic E-state index is -0.365. The normalized spacial score (nSPS) is 10.4. The van der Waals surface area contributed by atoms with Crippen molar-refractivity contribution in [1.82, 2.24) is 4.98 Å². The van der Waals surface area contributed by atoms with Gasteiger partial charge in [-0.25, -0.2) is 9.37 Å². The highest BCUT2D eigenvalue weighted by Crippen LogP contribution is 2.27. The van der Waals surface area contributed by atoms with Crippen molar-refractivity contribution in [2.75, 3.05) is 11.9 Å². The first kappa shape index (κ1) is 16.9. The minimum Gasteiger partial charge on any atom is -0.438 e. The van der Waals surface area contributed by atoms with Crippen molar-refractivity contribution >= 4 is 23.2 Å². The molecule has 0 unspecified atom stereocenters. The Morgan fingerprint density at radius 3 is 2.60 bits per heavy atom. The van der Waals surface area contributed by atoms with E-state index in [1.54, 1.807) is 43.4 Å². The molecule has 0 saturated heterocycles. The van der Waals surface area contributed by atoms with E-state index >= 15 is 0 Å². The summed E-state index contributed by atoms with van der Waals surface area (Å²) in [7, 11) is 1.60. The number of carbonyl (C=O) groups is 1. The van der Waals surface area contributed by atoms with Gasteiger partial charge >= 0.3 is 0 Å². The molecule has 2 aromatic carbocycles. The van der Waals surface area contributed by atoms with Gasteiger partial charge in [-0.2, -0.15) is 0 Å². The lowest BCUT2D eigenvalue weighted by Crippen LogP contribution is -2.26. The predicted octanol–water partition coefficient (Wildman–Crippen LogP) is 4.94. The molecule has 1 aromatic heterocycles. The Morgan fingerprint density at radius 1 is 1.12 bits per heavy atom. The molecule has 0 bridgehead atoms. The number of hydrogen-bond acceptors (Lipinski definition) is 3. The molecule has 1 amide bonds. The summed E-state index contributed by atoms with van der Waals surface area (Å²) in [5.41, 5.74) is 0.846. The number of anilines is 1. The molecule has 126 valence electrons. The lowest BCUT2D eigenvalue weighted by molar-refractivity contribution is 0.0990. The zero-order chi connectivity index (χ0) is 17.8. The Hall–Kier alpha value is -2.92. The van der Waals surface area contributed by atoms with E-state index in [1.165, 1.54) is 35.4 Å². The maximum atomic E-state index is 13.1. The molecule has 0 aliphatic heterocycles. The highest BCUT2D eigenvalue weighted by atomic mass is 35.5. The summed E-state index contributed by atoms with van der Waals surface area (Å²) in [6.45, 7) is 0. The van der Waals surface area contributed by atoms with Crippen LogP contribution in [0.25, 0.3) is 0 Å². The van der Waals surface area contributed by atoms with E-state index in [2.05, 4.69) is 4.98 Å². The average molecular weight is 357 g/mol. The van der Waals surface area contributed by atoms with E-state index in [1.807, 2.05) is 0 Å². The Morgan fingerprint density at radius 2 is 1.88 bits per heavy atom. The van der Waals surface area contributed by atoms with Crippen LogP contribution in [0.4, 0.5) is 10.1 Å². The Bertz CT molecular complexity index is 900. The zero-order valence-electron chi connectivity index (χ0n) is 13.3. The Labute approximate surface area is 149 Å². The van der Waals surface area contributed by atoms with Crippen LogP contribution in [-0.2, 0) is 0 Å². The second-order valence-electron chi connectivity index (χ2n) is 5.26. The monoisotopic (exact) mass is 356 g/mol. The van der Waals surface area contributed by atoms with Crippen LogP contribution in [0, 0.1) is 5.82 Å². The van der Waals surface area contributed by atoms with Gasteiger partial charge in [-0.3, -0.25) is 4.79 Å². The van der Waals surface area contributed by atoms with Gasteiger partial charge in [-0.15, -0.1) is 0 Å². The van der Waals surface area contributed by atoms with Crippen molar-refractivity contribution in [2.45, 2.75) is 0 Å². The first-order valence-electron chi connectivity index (χ1n) is 7.46. The number of carbonyl (C=O) groups excluding carboxylic acids is 1. The lowest BCUT2D eigenvalue weighted by atomic mass is 10.2. The highest BCUT2D eigenvalue weighted by molar-refractivity contribution is 6.30. The van der Waals surface area contributed by atoms with Gasteiger partial charge < -0.3 is 9.64 Å². The number of hydrogen-bond donors (Lipinski definition) is 0. The van der Waals surface area contributed by atoms with Gasteiger partial charge in [-0.1, -0.05) is 17.7 Å². The quantitative estimate of drug-likeness (QED) is 0.664. The van der Waals surface area contributed by atoms with Crippen molar-refractivity contribution in [2.24, 2.45) is 0 Å². The third-order valence-corrected chi connectivity index (χ3v) is 3.77. The number of pyridine rings is 1. The molecule has 0 radical (unpaired) electrons. The predicted molar refractivity (Wildman–Crippen MR) is 94.9 cm³/mol. The summed E-state index contributed by atoms with van der Waals surface area (Å²) in [6.07, 6.45) is 1.54. The zero-order valence-corrected chi connectivity index (χ0v) is 14.1. The molecule has 0 aliphatic carbocycles. The molecule has 25 heavy (non-hydrogen) atoms. The van der Waals surface area contributed by atoms with Crippen LogP contribution < -0.4 is 9.64 Å². The van der Waals surface area contributed by atoms with Gasteiger partial charge in [0.15, 0.2) is 0 Å². The Kier molecular flexibility index (Phi) is 4.95. The van der Waals surface area contributed by atoms with E-state index in [0.717, 1.165) is 0 Å². The average Bonchev–Trinajstić information content (AvgIpc) is 2.62. The largest absolute Gasteiger partial charge is 0.438 e. The molecule has 3 aromatic rings. The maximum Gasteiger partial charge on any atom is 0.263 e. The third kappa shape index (κ3) is 3.95. The lowest BCUT2D eigenvalue weighted by Gasteiger charge is -2.18. The summed E-state index contributed by atoms with van der Waals surface area (Å²) in [5, 5.41) is 0.518. The minimum absolute atomic E-state index is 0.170. The first-order valence-corrected chi connectivity index (χ1v) is 7.84. The van der Waals surface area contributed by atoms with Crippen molar-refractivity contribution in [3.05, 3.63) is 83.3 Å². The Balaban J connectivity index is 1.89. The van der Waals surface area contributed by atoms with E-state index in [-0.39, 0.29) is 23.2 Å². The van der Waals surface area contributed by atoms with Gasteiger partial charge in [0.1, 0.15) is 17.1 Å². The number of rotatable bonds is 4. The number of aromatic nitrogens is 1. The van der Waals surface area contributed by atoms with Crippen molar-refractivity contribution in [1.29, 1.82) is 0 Å². The number of nitrogens with zero attached hydrogens (tertiary/aromatic N) is 2. The number of benzene rings is 2. The van der Waals surface area contributed by atoms with Crippen LogP contribution in [0.15, 0.2) is 66.9 Å². The van der Waals surface area contributed by atoms with Gasteiger partial charge in [0.05, 0.1) is 0 Å². The van der Waals surface area contributed by atoms with Gasteiger partial charge in [-0.05, 0) is 54.6 Å². The third-order valence-electron chi connectivity index (χ3n) is 3.53. The van der Waals surface area contributed by atoms with E-state index in [9.17, 15) is 9.18 Å². The van der Waals surface area contributed by atoms with Crippen molar-refractivity contribution in [3.63, 3.8) is 0 Å². The van der Waals surface area contributed by atoms with Crippen LogP contribution in [0.2, 0.25) is 5.02 Å². The van der Waals surface area contributed by atoms with Crippen LogP contribution >= 0.6 is 11.6 Å². The molecule has 0 fully saturated rings. The molecule has 1 heterocycles. The molecular weight excluding hydrogens is 343 g/mol. The second kappa shape index (κ2) is 7.32. The van der Waals surface area contributed by atoms with Crippen LogP contribution in [0.3, 0.4) is 0 Å². The fourth-order valence-corrected chi connectivity index (χ4v) is 2.42. The summed E-state index contributed by atoms with van der Waals surface area (Å²) >= 11 is 5.95. The molecule has 0 saturated carbocycles.